The third kappa shape index (κ3) is 3.04. The normalized spacial score (nSPS) is 13.6. The summed E-state index contributed by atoms with van der Waals surface area (Å²) in [6.45, 7) is 5.72. The van der Waals surface area contributed by atoms with Gasteiger partial charge < -0.3 is 10.6 Å². The summed E-state index contributed by atoms with van der Waals surface area (Å²) in [4.78, 5) is 13.0. The molecule has 0 bridgehead atoms. The van der Waals surface area contributed by atoms with Crippen molar-refractivity contribution in [1.82, 2.24) is 10.6 Å². The Labute approximate surface area is 94.9 Å². The highest BCUT2D eigenvalue weighted by Gasteiger charge is 2.26. The zero-order valence-corrected chi connectivity index (χ0v) is 10.4. The Kier molecular flexibility index (Phi) is 3.88. The van der Waals surface area contributed by atoms with E-state index in [1.165, 1.54) is 4.88 Å². The minimum atomic E-state index is -0.522. The van der Waals surface area contributed by atoms with Crippen LogP contribution in [-0.2, 0) is 4.79 Å². The van der Waals surface area contributed by atoms with Crippen LogP contribution in [0.1, 0.15) is 31.7 Å². The smallest absolute Gasteiger partial charge is 0.240 e. The molecule has 0 aliphatic heterocycles. The van der Waals surface area contributed by atoms with Gasteiger partial charge in [-0.05, 0) is 39.3 Å². The van der Waals surface area contributed by atoms with Crippen LogP contribution >= 0.6 is 11.3 Å². The van der Waals surface area contributed by atoms with Crippen LogP contribution in [0.3, 0.4) is 0 Å². The maximum Gasteiger partial charge on any atom is 0.240 e. The molecule has 0 saturated heterocycles. The molecular formula is C11H18N2OS. The number of nitrogens with one attached hydrogen (secondary N) is 2. The molecule has 3 nitrogen and oxygen atoms in total. The van der Waals surface area contributed by atoms with Gasteiger partial charge in [0.25, 0.3) is 0 Å². The van der Waals surface area contributed by atoms with Crippen molar-refractivity contribution < 1.29 is 4.79 Å². The first-order chi connectivity index (χ1) is 6.97. The van der Waals surface area contributed by atoms with Crippen molar-refractivity contribution in [3.63, 3.8) is 0 Å². The highest BCUT2D eigenvalue weighted by Crippen LogP contribution is 2.18. The van der Waals surface area contributed by atoms with Crippen LogP contribution in [0.15, 0.2) is 17.5 Å². The lowest BCUT2D eigenvalue weighted by Crippen LogP contribution is -2.51. The predicted molar refractivity (Wildman–Crippen MR) is 64.0 cm³/mol. The van der Waals surface area contributed by atoms with Gasteiger partial charge in [0.15, 0.2) is 0 Å². The maximum absolute atomic E-state index is 11.8. The molecule has 4 heteroatoms. The lowest BCUT2D eigenvalue weighted by Gasteiger charge is -2.25. The molecule has 0 saturated carbocycles. The van der Waals surface area contributed by atoms with Crippen molar-refractivity contribution in [3.05, 3.63) is 22.4 Å². The number of carbonyl (C=O) groups is 1. The molecule has 0 radical (unpaired) electrons. The molecule has 0 fully saturated rings. The Morgan fingerprint density at radius 2 is 2.20 bits per heavy atom. The van der Waals surface area contributed by atoms with E-state index in [1.54, 1.807) is 18.4 Å². The van der Waals surface area contributed by atoms with Crippen molar-refractivity contribution in [2.75, 3.05) is 7.05 Å². The third-order valence-corrected chi connectivity index (χ3v) is 3.57. The van der Waals surface area contributed by atoms with Crippen LogP contribution in [0.5, 0.6) is 0 Å². The second kappa shape index (κ2) is 4.77. The standard InChI is InChI=1S/C11H18N2OS/c1-8(9-6-5-7-15-9)13-10(14)11(2,3)12-4/h5-8,12H,1-4H3,(H,13,14). The molecule has 1 rings (SSSR count). The molecule has 1 unspecified atom stereocenters. The first kappa shape index (κ1) is 12.2. The largest absolute Gasteiger partial charge is 0.347 e. The van der Waals surface area contributed by atoms with Crippen LogP contribution in [0, 0.1) is 0 Å². The number of hydrogen-bond acceptors (Lipinski definition) is 3. The summed E-state index contributed by atoms with van der Waals surface area (Å²) in [6.07, 6.45) is 0. The van der Waals surface area contributed by atoms with Crippen LogP contribution in [-0.4, -0.2) is 18.5 Å². The Morgan fingerprint density at radius 3 is 2.67 bits per heavy atom. The van der Waals surface area contributed by atoms with Crippen molar-refractivity contribution >= 4 is 17.2 Å². The Morgan fingerprint density at radius 1 is 1.53 bits per heavy atom. The zero-order chi connectivity index (χ0) is 11.5. The quantitative estimate of drug-likeness (QED) is 0.823. The van der Waals surface area contributed by atoms with Crippen molar-refractivity contribution in [2.45, 2.75) is 32.4 Å². The van der Waals surface area contributed by atoms with E-state index in [4.69, 9.17) is 0 Å². The SMILES string of the molecule is CNC(C)(C)C(=O)NC(C)c1cccs1. The number of amides is 1. The average molecular weight is 226 g/mol. The fourth-order valence-corrected chi connectivity index (χ4v) is 1.83. The summed E-state index contributed by atoms with van der Waals surface area (Å²) in [5.74, 6) is 0.0194. The number of hydrogen-bond donors (Lipinski definition) is 2. The predicted octanol–water partition coefficient (Wildman–Crippen LogP) is 1.92. The first-order valence-electron chi connectivity index (χ1n) is 5.00. The van der Waals surface area contributed by atoms with Crippen LogP contribution < -0.4 is 10.6 Å². The molecule has 0 aliphatic carbocycles. The van der Waals surface area contributed by atoms with E-state index in [2.05, 4.69) is 10.6 Å². The van der Waals surface area contributed by atoms with Gasteiger partial charge in [-0.2, -0.15) is 0 Å². The fourth-order valence-electron chi connectivity index (χ4n) is 1.10. The third-order valence-electron chi connectivity index (χ3n) is 2.51. The Bertz CT molecular complexity index is 319. The van der Waals surface area contributed by atoms with Gasteiger partial charge in [0.2, 0.25) is 5.91 Å². The molecule has 1 aromatic rings. The highest BCUT2D eigenvalue weighted by atomic mass is 32.1. The monoisotopic (exact) mass is 226 g/mol. The van der Waals surface area contributed by atoms with Crippen molar-refractivity contribution in [3.8, 4) is 0 Å². The molecule has 1 aromatic heterocycles. The van der Waals surface area contributed by atoms with E-state index in [-0.39, 0.29) is 11.9 Å². The number of likely N-dealkylation sites (N-methyl/N-ethyl adjacent to an activating group) is 1. The Balaban J connectivity index is 2.60. The number of rotatable bonds is 4. The van der Waals surface area contributed by atoms with Gasteiger partial charge in [0.05, 0.1) is 11.6 Å². The second-order valence-corrected chi connectivity index (χ2v) is 5.06. The molecule has 1 heterocycles. The van der Waals surface area contributed by atoms with E-state index < -0.39 is 5.54 Å². The topological polar surface area (TPSA) is 41.1 Å². The van der Waals surface area contributed by atoms with Crippen LogP contribution in [0.4, 0.5) is 0 Å². The summed E-state index contributed by atoms with van der Waals surface area (Å²) in [5, 5.41) is 7.98. The van der Waals surface area contributed by atoms with Crippen LogP contribution in [0.25, 0.3) is 0 Å². The molecule has 84 valence electrons. The molecule has 1 amide bonds. The summed E-state index contributed by atoms with van der Waals surface area (Å²) in [5.41, 5.74) is -0.522. The highest BCUT2D eigenvalue weighted by molar-refractivity contribution is 7.10. The molecule has 1 atom stereocenters. The Hall–Kier alpha value is -0.870. The van der Waals surface area contributed by atoms with Gasteiger partial charge in [-0.1, -0.05) is 6.07 Å². The van der Waals surface area contributed by atoms with Gasteiger partial charge >= 0.3 is 0 Å². The molecular weight excluding hydrogens is 208 g/mol. The molecule has 0 spiro atoms. The summed E-state index contributed by atoms with van der Waals surface area (Å²) >= 11 is 1.66. The van der Waals surface area contributed by atoms with Gasteiger partial charge in [0.1, 0.15) is 0 Å². The molecule has 15 heavy (non-hydrogen) atoms. The zero-order valence-electron chi connectivity index (χ0n) is 9.63. The average Bonchev–Trinajstić information content (AvgIpc) is 2.70. The van der Waals surface area contributed by atoms with E-state index in [0.29, 0.717) is 0 Å². The van der Waals surface area contributed by atoms with E-state index in [9.17, 15) is 4.79 Å². The second-order valence-electron chi connectivity index (χ2n) is 4.09. The minimum Gasteiger partial charge on any atom is -0.347 e. The number of thiophene rings is 1. The summed E-state index contributed by atoms with van der Waals surface area (Å²) in [6, 6.07) is 4.10. The molecule has 0 aliphatic rings. The fraction of sp³-hybridized carbons (Fsp3) is 0.545. The van der Waals surface area contributed by atoms with E-state index >= 15 is 0 Å². The van der Waals surface area contributed by atoms with Gasteiger partial charge in [-0.3, -0.25) is 4.79 Å². The molecule has 2 N–H and O–H groups in total. The van der Waals surface area contributed by atoms with E-state index in [1.807, 2.05) is 38.3 Å². The lowest BCUT2D eigenvalue weighted by atomic mass is 10.0. The first-order valence-corrected chi connectivity index (χ1v) is 5.88. The lowest BCUT2D eigenvalue weighted by molar-refractivity contribution is -0.126. The number of carbonyl (C=O) groups excluding carboxylic acids is 1. The van der Waals surface area contributed by atoms with Crippen molar-refractivity contribution in [2.24, 2.45) is 0 Å². The minimum absolute atomic E-state index is 0.0194. The van der Waals surface area contributed by atoms with Crippen LogP contribution in [0.2, 0.25) is 0 Å². The van der Waals surface area contributed by atoms with Gasteiger partial charge in [-0.25, -0.2) is 0 Å². The van der Waals surface area contributed by atoms with E-state index in [0.717, 1.165) is 0 Å². The van der Waals surface area contributed by atoms with Crippen molar-refractivity contribution in [1.29, 1.82) is 0 Å². The maximum atomic E-state index is 11.8. The van der Waals surface area contributed by atoms with Gasteiger partial charge in [0, 0.05) is 4.88 Å². The summed E-state index contributed by atoms with van der Waals surface area (Å²) in [7, 11) is 1.79. The summed E-state index contributed by atoms with van der Waals surface area (Å²) < 4.78 is 0. The molecule has 0 aromatic carbocycles. The van der Waals surface area contributed by atoms with Gasteiger partial charge in [-0.15, -0.1) is 11.3 Å².